The summed E-state index contributed by atoms with van der Waals surface area (Å²) in [6.45, 7) is 2.28. The number of aromatic nitrogens is 2. The largest absolute Gasteiger partial charge is 0.325 e. The van der Waals surface area contributed by atoms with E-state index in [1.54, 1.807) is 0 Å². The first-order valence-corrected chi connectivity index (χ1v) is 10.0. The van der Waals surface area contributed by atoms with Gasteiger partial charge < -0.3 is 4.57 Å². The van der Waals surface area contributed by atoms with Crippen LogP contribution in [0.3, 0.4) is 0 Å². The molecule has 0 saturated heterocycles. The van der Waals surface area contributed by atoms with Crippen molar-refractivity contribution in [3.63, 3.8) is 0 Å². The molecule has 0 aliphatic carbocycles. The first-order chi connectivity index (χ1) is 10.3. The van der Waals surface area contributed by atoms with Crippen LogP contribution in [0.5, 0.6) is 0 Å². The molecule has 0 N–H and O–H groups in total. The van der Waals surface area contributed by atoms with E-state index >= 15 is 0 Å². The lowest BCUT2D eigenvalue weighted by atomic mass is 10.1. The summed E-state index contributed by atoms with van der Waals surface area (Å²) < 4.78 is 2.11. The lowest BCUT2D eigenvalue weighted by Crippen LogP contribution is -1.96. The number of alkyl halides is 1. The van der Waals surface area contributed by atoms with Gasteiger partial charge in [-0.2, -0.15) is 0 Å². The van der Waals surface area contributed by atoms with Gasteiger partial charge in [-0.05, 0) is 6.42 Å². The van der Waals surface area contributed by atoms with Crippen LogP contribution in [0, 0.1) is 0 Å². The second-order valence-electron chi connectivity index (χ2n) is 5.76. The highest BCUT2D eigenvalue weighted by Crippen LogP contribution is 2.20. The molecular formula is C17H31ClN2S. The van der Waals surface area contributed by atoms with Crippen LogP contribution in [-0.2, 0) is 12.9 Å². The molecule has 0 atom stereocenters. The fourth-order valence-electron chi connectivity index (χ4n) is 2.44. The van der Waals surface area contributed by atoms with Crippen molar-refractivity contribution in [1.29, 1.82) is 0 Å². The Labute approximate surface area is 140 Å². The SMILES string of the molecule is CCCCCCCCCCCCSc1ncc(CCl)n1C. The summed E-state index contributed by atoms with van der Waals surface area (Å²) >= 11 is 7.70. The highest BCUT2D eigenvalue weighted by Gasteiger charge is 2.05. The molecular weight excluding hydrogens is 300 g/mol. The van der Waals surface area contributed by atoms with Gasteiger partial charge in [0.25, 0.3) is 0 Å². The average molecular weight is 331 g/mol. The Kier molecular flexibility index (Phi) is 11.2. The van der Waals surface area contributed by atoms with Gasteiger partial charge >= 0.3 is 0 Å². The fraction of sp³-hybridized carbons (Fsp3) is 0.824. The molecule has 0 fully saturated rings. The van der Waals surface area contributed by atoms with E-state index in [9.17, 15) is 0 Å². The minimum Gasteiger partial charge on any atom is -0.325 e. The molecule has 0 radical (unpaired) electrons. The van der Waals surface area contributed by atoms with E-state index in [0.29, 0.717) is 5.88 Å². The lowest BCUT2D eigenvalue weighted by molar-refractivity contribution is 0.563. The summed E-state index contributed by atoms with van der Waals surface area (Å²) in [4.78, 5) is 4.41. The Morgan fingerprint density at radius 1 is 1.00 bits per heavy atom. The molecule has 21 heavy (non-hydrogen) atoms. The summed E-state index contributed by atoms with van der Waals surface area (Å²) in [5.41, 5.74) is 1.10. The Morgan fingerprint density at radius 3 is 2.10 bits per heavy atom. The predicted molar refractivity (Wildman–Crippen MR) is 95.3 cm³/mol. The van der Waals surface area contributed by atoms with Crippen molar-refractivity contribution in [3.05, 3.63) is 11.9 Å². The zero-order valence-electron chi connectivity index (χ0n) is 13.7. The van der Waals surface area contributed by atoms with E-state index in [-0.39, 0.29) is 0 Å². The highest BCUT2D eigenvalue weighted by molar-refractivity contribution is 7.99. The van der Waals surface area contributed by atoms with Crippen molar-refractivity contribution in [1.82, 2.24) is 9.55 Å². The van der Waals surface area contributed by atoms with Crippen molar-refractivity contribution in [3.8, 4) is 0 Å². The number of hydrogen-bond acceptors (Lipinski definition) is 2. The first kappa shape index (κ1) is 18.9. The predicted octanol–water partition coefficient (Wildman–Crippen LogP) is 6.17. The molecule has 4 heteroatoms. The maximum atomic E-state index is 5.85. The molecule has 0 aliphatic rings. The van der Waals surface area contributed by atoms with Crippen molar-refractivity contribution < 1.29 is 0 Å². The molecule has 1 aromatic rings. The van der Waals surface area contributed by atoms with E-state index in [4.69, 9.17) is 11.6 Å². The molecule has 0 spiro atoms. The highest BCUT2D eigenvalue weighted by atomic mass is 35.5. The van der Waals surface area contributed by atoms with Crippen LogP contribution in [0.4, 0.5) is 0 Å². The number of rotatable bonds is 13. The molecule has 0 bridgehead atoms. The Morgan fingerprint density at radius 2 is 1.57 bits per heavy atom. The Balaban J connectivity index is 1.91. The van der Waals surface area contributed by atoms with Gasteiger partial charge in [0.2, 0.25) is 0 Å². The number of hydrogen-bond donors (Lipinski definition) is 0. The zero-order chi connectivity index (χ0) is 15.3. The summed E-state index contributed by atoms with van der Waals surface area (Å²) in [5.74, 6) is 1.71. The number of thioether (sulfide) groups is 1. The minimum absolute atomic E-state index is 0.544. The van der Waals surface area contributed by atoms with Gasteiger partial charge in [-0.15, -0.1) is 11.6 Å². The first-order valence-electron chi connectivity index (χ1n) is 8.49. The van der Waals surface area contributed by atoms with Gasteiger partial charge in [-0.25, -0.2) is 4.98 Å². The van der Waals surface area contributed by atoms with Gasteiger partial charge in [0.1, 0.15) is 0 Å². The molecule has 1 rings (SSSR count). The summed E-state index contributed by atoms with van der Waals surface area (Å²) in [5, 5.41) is 1.10. The smallest absolute Gasteiger partial charge is 0.167 e. The van der Waals surface area contributed by atoms with Crippen LogP contribution < -0.4 is 0 Å². The van der Waals surface area contributed by atoms with Crippen LogP contribution in [0.2, 0.25) is 0 Å². The quantitative estimate of drug-likeness (QED) is 0.244. The van der Waals surface area contributed by atoms with E-state index in [1.807, 2.05) is 25.0 Å². The van der Waals surface area contributed by atoms with E-state index in [0.717, 1.165) is 10.9 Å². The third-order valence-electron chi connectivity index (χ3n) is 3.91. The van der Waals surface area contributed by atoms with Crippen molar-refractivity contribution in [2.45, 2.75) is 82.2 Å². The maximum Gasteiger partial charge on any atom is 0.167 e. The van der Waals surface area contributed by atoms with Crippen molar-refractivity contribution in [2.24, 2.45) is 7.05 Å². The number of nitrogens with zero attached hydrogens (tertiary/aromatic N) is 2. The summed E-state index contributed by atoms with van der Waals surface area (Å²) in [7, 11) is 2.05. The van der Waals surface area contributed by atoms with Gasteiger partial charge in [-0.3, -0.25) is 0 Å². The van der Waals surface area contributed by atoms with Crippen LogP contribution in [0.1, 0.15) is 76.8 Å². The third kappa shape index (κ3) is 8.15. The summed E-state index contributed by atoms with van der Waals surface area (Å²) in [6.07, 6.45) is 15.8. The molecule has 0 aliphatic heterocycles. The fourth-order valence-corrected chi connectivity index (χ4v) is 3.65. The Hall–Kier alpha value is -0.150. The minimum atomic E-state index is 0.544. The van der Waals surface area contributed by atoms with E-state index < -0.39 is 0 Å². The number of imidazole rings is 1. The Bertz CT molecular complexity index is 366. The molecule has 0 saturated carbocycles. The lowest BCUT2D eigenvalue weighted by Gasteiger charge is -2.04. The van der Waals surface area contributed by atoms with E-state index in [1.165, 1.54) is 70.0 Å². The monoisotopic (exact) mass is 330 g/mol. The van der Waals surface area contributed by atoms with Crippen LogP contribution in [-0.4, -0.2) is 15.3 Å². The standard InChI is InChI=1S/C17H31ClN2S/c1-3-4-5-6-7-8-9-10-11-12-13-21-17-19-15-16(14-18)20(17)2/h15H,3-14H2,1-2H3. The molecule has 0 amide bonds. The topological polar surface area (TPSA) is 17.8 Å². The van der Waals surface area contributed by atoms with Crippen LogP contribution >= 0.6 is 23.4 Å². The van der Waals surface area contributed by atoms with Crippen LogP contribution in [0.25, 0.3) is 0 Å². The summed E-state index contributed by atoms with van der Waals surface area (Å²) in [6, 6.07) is 0. The van der Waals surface area contributed by atoms with Crippen molar-refractivity contribution in [2.75, 3.05) is 5.75 Å². The van der Waals surface area contributed by atoms with Gasteiger partial charge in [-0.1, -0.05) is 76.5 Å². The molecule has 2 nitrogen and oxygen atoms in total. The van der Waals surface area contributed by atoms with Crippen molar-refractivity contribution >= 4 is 23.4 Å². The van der Waals surface area contributed by atoms with Crippen LogP contribution in [0.15, 0.2) is 11.4 Å². The number of halogens is 1. The van der Waals surface area contributed by atoms with Gasteiger partial charge in [0.05, 0.1) is 17.8 Å². The average Bonchev–Trinajstić information content (AvgIpc) is 2.85. The molecule has 1 heterocycles. The molecule has 1 aromatic heterocycles. The van der Waals surface area contributed by atoms with Gasteiger partial charge in [0.15, 0.2) is 5.16 Å². The zero-order valence-corrected chi connectivity index (χ0v) is 15.3. The second-order valence-corrected chi connectivity index (χ2v) is 7.08. The van der Waals surface area contributed by atoms with Gasteiger partial charge in [0, 0.05) is 12.8 Å². The molecule has 122 valence electrons. The normalized spacial score (nSPS) is 11.2. The second kappa shape index (κ2) is 12.4. The van der Waals surface area contributed by atoms with E-state index in [2.05, 4.69) is 16.5 Å². The molecule has 0 aromatic carbocycles. The maximum absolute atomic E-state index is 5.85. The number of unbranched alkanes of at least 4 members (excludes halogenated alkanes) is 9. The molecule has 0 unspecified atom stereocenters. The third-order valence-corrected chi connectivity index (χ3v) is 5.31.